The van der Waals surface area contributed by atoms with Crippen molar-refractivity contribution in [3.8, 4) is 0 Å². The fourth-order valence-electron chi connectivity index (χ4n) is 4.11. The van der Waals surface area contributed by atoms with E-state index in [9.17, 15) is 28.8 Å². The van der Waals surface area contributed by atoms with Gasteiger partial charge in [0, 0.05) is 39.3 Å². The SMILES string of the molecule is CC[C@H](NC(=O)[C@@H](NC(=O)[C@H](C)NC(=O)[C@H](Cc1cncn1C)NC(=O)[C@@H](NC(C)=O)C(C)(C)C)C(C)C)C(=O)NC. The van der Waals surface area contributed by atoms with E-state index in [1.807, 2.05) is 0 Å². The average Bonchev–Trinajstić information content (AvgIpc) is 3.30. The number of likely N-dealkylation sites (N-methyl/N-ethyl adjacent to an activating group) is 1. The summed E-state index contributed by atoms with van der Waals surface area (Å²) in [6.45, 7) is 13.4. The number of aryl methyl sites for hydroxylation is 1. The molecule has 0 fully saturated rings. The third-order valence-electron chi connectivity index (χ3n) is 6.73. The molecule has 0 saturated heterocycles. The summed E-state index contributed by atoms with van der Waals surface area (Å²) in [5.74, 6) is -3.42. The maximum atomic E-state index is 13.4. The first-order valence-electron chi connectivity index (χ1n) is 14.1. The normalized spacial score (nSPS) is 14.9. The topological polar surface area (TPSA) is 192 Å². The minimum Gasteiger partial charge on any atom is -0.357 e. The van der Waals surface area contributed by atoms with E-state index in [-0.39, 0.29) is 18.2 Å². The van der Waals surface area contributed by atoms with Crippen molar-refractivity contribution >= 4 is 35.4 Å². The van der Waals surface area contributed by atoms with Gasteiger partial charge in [-0.05, 0) is 24.7 Å². The second-order valence-corrected chi connectivity index (χ2v) is 11.8. The first kappa shape index (κ1) is 36.1. The van der Waals surface area contributed by atoms with E-state index in [0.717, 1.165) is 0 Å². The first-order valence-corrected chi connectivity index (χ1v) is 14.1. The molecule has 1 heterocycles. The zero-order chi connectivity index (χ0) is 32.4. The summed E-state index contributed by atoms with van der Waals surface area (Å²) in [4.78, 5) is 80.6. The Bertz CT molecular complexity index is 1130. The summed E-state index contributed by atoms with van der Waals surface area (Å²) in [5.41, 5.74) is -0.00476. The number of nitrogens with zero attached hydrogens (tertiary/aromatic N) is 2. The molecule has 0 aliphatic heterocycles. The molecule has 5 atom stereocenters. The van der Waals surface area contributed by atoms with Crippen molar-refractivity contribution in [2.24, 2.45) is 18.4 Å². The van der Waals surface area contributed by atoms with Crippen molar-refractivity contribution in [1.29, 1.82) is 0 Å². The van der Waals surface area contributed by atoms with Crippen LogP contribution in [0.3, 0.4) is 0 Å². The molecule has 1 aromatic rings. The Morgan fingerprint density at radius 2 is 1.43 bits per heavy atom. The van der Waals surface area contributed by atoms with Gasteiger partial charge in [-0.3, -0.25) is 28.8 Å². The maximum Gasteiger partial charge on any atom is 0.243 e. The second kappa shape index (κ2) is 15.9. The molecular weight excluding hydrogens is 544 g/mol. The van der Waals surface area contributed by atoms with Crippen LogP contribution in [0.4, 0.5) is 0 Å². The van der Waals surface area contributed by atoms with E-state index in [0.29, 0.717) is 12.1 Å². The van der Waals surface area contributed by atoms with Crippen LogP contribution in [0.25, 0.3) is 0 Å². The molecular formula is C28H48N8O6. The lowest BCUT2D eigenvalue weighted by Crippen LogP contribution is -2.60. The molecule has 0 aliphatic rings. The predicted molar refractivity (Wildman–Crippen MR) is 157 cm³/mol. The Balaban J connectivity index is 3.10. The van der Waals surface area contributed by atoms with Crippen LogP contribution < -0.4 is 31.9 Å². The zero-order valence-electron chi connectivity index (χ0n) is 26.4. The molecule has 1 rings (SSSR count). The molecule has 0 bridgehead atoms. The highest BCUT2D eigenvalue weighted by Gasteiger charge is 2.36. The number of rotatable bonds is 14. The summed E-state index contributed by atoms with van der Waals surface area (Å²) < 4.78 is 1.70. The van der Waals surface area contributed by atoms with Crippen LogP contribution in [0, 0.1) is 11.3 Å². The quantitative estimate of drug-likeness (QED) is 0.164. The smallest absolute Gasteiger partial charge is 0.243 e. The Morgan fingerprint density at radius 3 is 1.88 bits per heavy atom. The van der Waals surface area contributed by atoms with Crippen molar-refractivity contribution in [2.75, 3.05) is 7.05 Å². The molecule has 0 spiro atoms. The molecule has 14 heteroatoms. The van der Waals surface area contributed by atoms with Gasteiger partial charge < -0.3 is 36.5 Å². The molecule has 42 heavy (non-hydrogen) atoms. The van der Waals surface area contributed by atoms with Crippen molar-refractivity contribution in [1.82, 2.24) is 41.5 Å². The molecule has 0 aliphatic carbocycles. The van der Waals surface area contributed by atoms with E-state index in [4.69, 9.17) is 0 Å². The molecule has 14 nitrogen and oxygen atoms in total. The highest BCUT2D eigenvalue weighted by molar-refractivity contribution is 5.96. The van der Waals surface area contributed by atoms with E-state index in [1.54, 1.807) is 65.7 Å². The van der Waals surface area contributed by atoms with Crippen LogP contribution in [0.2, 0.25) is 0 Å². The minimum absolute atomic E-state index is 0.0638. The monoisotopic (exact) mass is 592 g/mol. The van der Waals surface area contributed by atoms with Crippen LogP contribution in [0.1, 0.15) is 67.5 Å². The van der Waals surface area contributed by atoms with Gasteiger partial charge in [-0.15, -0.1) is 0 Å². The van der Waals surface area contributed by atoms with Crippen molar-refractivity contribution in [2.45, 2.75) is 98.4 Å². The molecule has 0 saturated carbocycles. The Hall–Kier alpha value is -3.97. The lowest BCUT2D eigenvalue weighted by Gasteiger charge is -2.31. The van der Waals surface area contributed by atoms with E-state index in [2.05, 4.69) is 36.9 Å². The lowest BCUT2D eigenvalue weighted by molar-refractivity contribution is -0.136. The Morgan fingerprint density at radius 1 is 0.833 bits per heavy atom. The van der Waals surface area contributed by atoms with Gasteiger partial charge in [0.1, 0.15) is 30.2 Å². The number of amides is 6. The fraction of sp³-hybridized carbons (Fsp3) is 0.679. The van der Waals surface area contributed by atoms with Crippen LogP contribution in [-0.4, -0.2) is 82.3 Å². The van der Waals surface area contributed by atoms with Gasteiger partial charge in [0.15, 0.2) is 0 Å². The molecule has 0 radical (unpaired) electrons. The van der Waals surface area contributed by atoms with Gasteiger partial charge in [0.25, 0.3) is 0 Å². The number of nitrogens with one attached hydrogen (secondary N) is 6. The molecule has 236 valence electrons. The number of aromatic nitrogens is 2. The van der Waals surface area contributed by atoms with Gasteiger partial charge in [-0.1, -0.05) is 41.5 Å². The van der Waals surface area contributed by atoms with Gasteiger partial charge in [-0.2, -0.15) is 0 Å². The van der Waals surface area contributed by atoms with Gasteiger partial charge in [0.05, 0.1) is 6.33 Å². The number of carbonyl (C=O) groups is 6. The number of hydrogen-bond donors (Lipinski definition) is 6. The molecule has 6 amide bonds. The minimum atomic E-state index is -1.11. The fourth-order valence-corrected chi connectivity index (χ4v) is 4.11. The van der Waals surface area contributed by atoms with E-state index < -0.39 is 65.2 Å². The largest absolute Gasteiger partial charge is 0.357 e. The van der Waals surface area contributed by atoms with Gasteiger partial charge in [-0.25, -0.2) is 4.98 Å². The van der Waals surface area contributed by atoms with Crippen molar-refractivity contribution < 1.29 is 28.8 Å². The van der Waals surface area contributed by atoms with Crippen LogP contribution in [0.15, 0.2) is 12.5 Å². The lowest BCUT2D eigenvalue weighted by atomic mass is 9.85. The van der Waals surface area contributed by atoms with E-state index >= 15 is 0 Å². The molecule has 0 unspecified atom stereocenters. The molecule has 0 aromatic carbocycles. The summed E-state index contributed by atoms with van der Waals surface area (Å²) in [6.07, 6.45) is 3.54. The highest BCUT2D eigenvalue weighted by atomic mass is 16.2. The number of hydrogen-bond acceptors (Lipinski definition) is 7. The third-order valence-corrected chi connectivity index (χ3v) is 6.73. The van der Waals surface area contributed by atoms with Crippen LogP contribution in [-0.2, 0) is 42.2 Å². The molecule has 6 N–H and O–H groups in total. The highest BCUT2D eigenvalue weighted by Crippen LogP contribution is 2.20. The van der Waals surface area contributed by atoms with Crippen molar-refractivity contribution in [3.63, 3.8) is 0 Å². The number of imidazole rings is 1. The molecule has 1 aromatic heterocycles. The third kappa shape index (κ3) is 10.8. The summed E-state index contributed by atoms with van der Waals surface area (Å²) in [7, 11) is 3.21. The van der Waals surface area contributed by atoms with Crippen LogP contribution >= 0.6 is 0 Å². The Kier molecular flexibility index (Phi) is 13.6. The Labute approximate surface area is 247 Å². The van der Waals surface area contributed by atoms with Crippen molar-refractivity contribution in [3.05, 3.63) is 18.2 Å². The van der Waals surface area contributed by atoms with Crippen LogP contribution in [0.5, 0.6) is 0 Å². The predicted octanol–water partition coefficient (Wildman–Crippen LogP) is -0.715. The summed E-state index contributed by atoms with van der Waals surface area (Å²) >= 11 is 0. The van der Waals surface area contributed by atoms with Gasteiger partial charge >= 0.3 is 0 Å². The maximum absolute atomic E-state index is 13.4. The number of carbonyl (C=O) groups excluding carboxylic acids is 6. The summed E-state index contributed by atoms with van der Waals surface area (Å²) in [5, 5.41) is 15.8. The second-order valence-electron chi connectivity index (χ2n) is 11.8. The van der Waals surface area contributed by atoms with Gasteiger partial charge in [0.2, 0.25) is 35.4 Å². The average molecular weight is 593 g/mol. The zero-order valence-corrected chi connectivity index (χ0v) is 26.4. The standard InChI is InChI=1S/C28H48N8O6/c1-11-19(24(39)29-9)33-26(41)21(15(2)3)35-23(38)16(4)31-25(40)20(12-18-13-30-14-36(18)10)34-27(42)22(28(6,7)8)32-17(5)37/h13-16,19-22H,11-12H2,1-10H3,(H,29,39)(H,31,40)(H,32,37)(H,33,41)(H,34,42)(H,35,38)/t16-,19-,20-,21-,22+/m0/s1. The summed E-state index contributed by atoms with van der Waals surface area (Å²) in [6, 6.07) is -4.84. The van der Waals surface area contributed by atoms with E-state index in [1.165, 1.54) is 20.9 Å². The first-order chi connectivity index (χ1) is 19.4.